The molecule has 8 heteroatoms. The third kappa shape index (κ3) is 4.34. The smallest absolute Gasteiger partial charge is 0.175 e. The lowest BCUT2D eigenvalue weighted by Gasteiger charge is -2.33. The van der Waals surface area contributed by atoms with Gasteiger partial charge in [-0.15, -0.1) is 10.2 Å². The van der Waals surface area contributed by atoms with Gasteiger partial charge in [-0.1, -0.05) is 47.1 Å². The van der Waals surface area contributed by atoms with Crippen LogP contribution in [0.5, 0.6) is 0 Å². The van der Waals surface area contributed by atoms with Crippen LogP contribution in [0.2, 0.25) is 0 Å². The minimum absolute atomic E-state index is 0.916. The molecule has 0 unspecified atom stereocenters. The standard InChI is InChI=1S/C10H16N4S4/c1-8-11-12-9(18-8)16-7-17-10(15)14-5-3-13(2)4-6-14/h3-7H2,1-2H3. The monoisotopic (exact) mass is 320 g/mol. The molecule has 100 valence electrons. The molecule has 0 aliphatic carbocycles. The van der Waals surface area contributed by atoms with Crippen LogP contribution in [0.25, 0.3) is 0 Å². The molecule has 1 saturated heterocycles. The summed E-state index contributed by atoms with van der Waals surface area (Å²) in [5, 5.41) is 10.0. The van der Waals surface area contributed by atoms with Crippen LogP contribution < -0.4 is 0 Å². The van der Waals surface area contributed by atoms with Crippen molar-refractivity contribution in [3.63, 3.8) is 0 Å². The lowest BCUT2D eigenvalue weighted by atomic mass is 10.4. The molecule has 0 amide bonds. The Bertz CT molecular complexity index is 400. The van der Waals surface area contributed by atoms with Crippen LogP contribution >= 0.6 is 47.1 Å². The largest absolute Gasteiger partial charge is 0.355 e. The first-order chi connectivity index (χ1) is 8.65. The molecule has 0 atom stereocenters. The van der Waals surface area contributed by atoms with Gasteiger partial charge in [-0.05, 0) is 14.0 Å². The van der Waals surface area contributed by atoms with Gasteiger partial charge in [-0.3, -0.25) is 0 Å². The third-order valence-corrected chi connectivity index (χ3v) is 6.26. The molecule has 18 heavy (non-hydrogen) atoms. The molecule has 0 radical (unpaired) electrons. The summed E-state index contributed by atoms with van der Waals surface area (Å²) in [6.07, 6.45) is 0. The zero-order chi connectivity index (χ0) is 13.0. The molecular weight excluding hydrogens is 304 g/mol. The van der Waals surface area contributed by atoms with E-state index in [2.05, 4.69) is 27.0 Å². The summed E-state index contributed by atoms with van der Waals surface area (Å²) in [7, 11) is 2.15. The number of piperazine rings is 1. The fraction of sp³-hybridized carbons (Fsp3) is 0.700. The average molecular weight is 321 g/mol. The highest BCUT2D eigenvalue weighted by Crippen LogP contribution is 2.26. The molecule has 2 rings (SSSR count). The van der Waals surface area contributed by atoms with E-state index in [1.807, 2.05) is 6.92 Å². The zero-order valence-corrected chi connectivity index (χ0v) is 13.7. The number of aryl methyl sites for hydroxylation is 1. The Labute approximate surface area is 126 Å². The lowest BCUT2D eigenvalue weighted by molar-refractivity contribution is 0.220. The summed E-state index contributed by atoms with van der Waals surface area (Å²) < 4.78 is 2.04. The lowest BCUT2D eigenvalue weighted by Crippen LogP contribution is -2.45. The Hall–Kier alpha value is 0.110. The molecule has 1 aliphatic heterocycles. The molecule has 1 fully saturated rings. The van der Waals surface area contributed by atoms with E-state index in [1.165, 1.54) is 0 Å². The summed E-state index contributed by atoms with van der Waals surface area (Å²) in [5.41, 5.74) is 0. The van der Waals surface area contributed by atoms with Gasteiger partial charge in [-0.2, -0.15) is 0 Å². The Kier molecular flexibility index (Phi) is 5.68. The van der Waals surface area contributed by atoms with Crippen molar-refractivity contribution in [3.8, 4) is 0 Å². The van der Waals surface area contributed by atoms with Crippen LogP contribution in [0.3, 0.4) is 0 Å². The first-order valence-corrected chi connectivity index (χ1v) is 8.88. The first kappa shape index (κ1) is 14.5. The summed E-state index contributed by atoms with van der Waals surface area (Å²) >= 11 is 10.5. The summed E-state index contributed by atoms with van der Waals surface area (Å²) in [5.74, 6) is 0. The second-order valence-electron chi connectivity index (χ2n) is 4.05. The van der Waals surface area contributed by atoms with Crippen molar-refractivity contribution < 1.29 is 0 Å². The normalized spacial score (nSPS) is 17.1. The maximum atomic E-state index is 5.46. The third-order valence-electron chi connectivity index (χ3n) is 2.63. The molecule has 2 heterocycles. The van der Waals surface area contributed by atoms with Crippen molar-refractivity contribution in [2.75, 3.05) is 38.3 Å². The van der Waals surface area contributed by atoms with E-state index in [4.69, 9.17) is 12.2 Å². The molecule has 1 aliphatic rings. The molecule has 0 spiro atoms. The van der Waals surface area contributed by atoms with Gasteiger partial charge in [0.2, 0.25) is 0 Å². The van der Waals surface area contributed by atoms with E-state index in [0.29, 0.717) is 0 Å². The number of nitrogens with zero attached hydrogens (tertiary/aromatic N) is 4. The van der Waals surface area contributed by atoms with Crippen LogP contribution in [-0.4, -0.2) is 62.6 Å². The fourth-order valence-electron chi connectivity index (χ4n) is 1.55. The van der Waals surface area contributed by atoms with Gasteiger partial charge in [-0.25, -0.2) is 0 Å². The number of hydrogen-bond donors (Lipinski definition) is 0. The second kappa shape index (κ2) is 7.04. The van der Waals surface area contributed by atoms with Crippen LogP contribution in [-0.2, 0) is 0 Å². The van der Waals surface area contributed by atoms with Gasteiger partial charge in [0.15, 0.2) is 4.34 Å². The van der Waals surface area contributed by atoms with E-state index in [-0.39, 0.29) is 0 Å². The fourth-order valence-corrected chi connectivity index (χ4v) is 5.12. The van der Waals surface area contributed by atoms with E-state index in [0.717, 1.165) is 44.9 Å². The highest BCUT2D eigenvalue weighted by molar-refractivity contribution is 8.29. The Morgan fingerprint density at radius 3 is 2.67 bits per heavy atom. The molecule has 0 bridgehead atoms. The molecule has 0 aromatic carbocycles. The first-order valence-electron chi connectivity index (χ1n) is 5.68. The van der Waals surface area contributed by atoms with Crippen LogP contribution in [0.1, 0.15) is 5.01 Å². The maximum Gasteiger partial charge on any atom is 0.175 e. The van der Waals surface area contributed by atoms with Crippen molar-refractivity contribution in [1.29, 1.82) is 0 Å². The van der Waals surface area contributed by atoms with Gasteiger partial charge in [0.05, 0.1) is 5.08 Å². The van der Waals surface area contributed by atoms with Crippen molar-refractivity contribution >= 4 is 51.4 Å². The Balaban J connectivity index is 1.68. The van der Waals surface area contributed by atoms with Crippen LogP contribution in [0.4, 0.5) is 0 Å². The summed E-state index contributed by atoms with van der Waals surface area (Å²) in [6, 6.07) is 0. The van der Waals surface area contributed by atoms with E-state index >= 15 is 0 Å². The number of hydrogen-bond acceptors (Lipinski definition) is 7. The van der Waals surface area contributed by atoms with Gasteiger partial charge in [0.1, 0.15) is 9.33 Å². The van der Waals surface area contributed by atoms with Gasteiger partial charge in [0.25, 0.3) is 0 Å². The number of aromatic nitrogens is 2. The summed E-state index contributed by atoms with van der Waals surface area (Å²) in [4.78, 5) is 4.63. The molecule has 0 saturated carbocycles. The van der Waals surface area contributed by atoms with Crippen molar-refractivity contribution in [1.82, 2.24) is 20.0 Å². The van der Waals surface area contributed by atoms with E-state index < -0.39 is 0 Å². The zero-order valence-electron chi connectivity index (χ0n) is 10.5. The molecule has 4 nitrogen and oxygen atoms in total. The number of rotatable bonds is 3. The Morgan fingerprint density at radius 2 is 2.06 bits per heavy atom. The maximum absolute atomic E-state index is 5.46. The van der Waals surface area contributed by atoms with Gasteiger partial charge < -0.3 is 9.80 Å². The number of thiocarbonyl (C=S) groups is 1. The van der Waals surface area contributed by atoms with Gasteiger partial charge in [0, 0.05) is 26.2 Å². The van der Waals surface area contributed by atoms with Crippen molar-refractivity contribution in [2.24, 2.45) is 0 Å². The van der Waals surface area contributed by atoms with Crippen LogP contribution in [0, 0.1) is 6.92 Å². The quantitative estimate of drug-likeness (QED) is 0.479. The number of likely N-dealkylation sites (N-methyl/N-ethyl adjacent to an activating group) is 1. The van der Waals surface area contributed by atoms with Crippen molar-refractivity contribution in [3.05, 3.63) is 5.01 Å². The van der Waals surface area contributed by atoms with Gasteiger partial charge >= 0.3 is 0 Å². The minimum Gasteiger partial charge on any atom is -0.355 e. The molecule has 0 N–H and O–H groups in total. The number of thioether (sulfide) groups is 2. The SMILES string of the molecule is Cc1nnc(SCSC(=S)N2CCN(C)CC2)s1. The predicted octanol–water partition coefficient (Wildman–Crippen LogP) is 2.16. The predicted molar refractivity (Wildman–Crippen MR) is 84.6 cm³/mol. The Morgan fingerprint density at radius 1 is 1.33 bits per heavy atom. The minimum atomic E-state index is 0.916. The molecular formula is C10H16N4S4. The topological polar surface area (TPSA) is 32.3 Å². The highest BCUT2D eigenvalue weighted by atomic mass is 32.2. The summed E-state index contributed by atoms with van der Waals surface area (Å²) in [6.45, 7) is 6.27. The molecule has 1 aromatic heterocycles. The molecule has 1 aromatic rings. The van der Waals surface area contributed by atoms with Crippen molar-refractivity contribution in [2.45, 2.75) is 11.3 Å². The van der Waals surface area contributed by atoms with E-state index in [9.17, 15) is 0 Å². The average Bonchev–Trinajstić information content (AvgIpc) is 2.76. The van der Waals surface area contributed by atoms with Crippen LogP contribution in [0.15, 0.2) is 4.34 Å². The van der Waals surface area contributed by atoms with E-state index in [1.54, 1.807) is 34.9 Å². The highest BCUT2D eigenvalue weighted by Gasteiger charge is 2.16. The second-order valence-corrected chi connectivity index (χ2v) is 8.43.